The molecule has 1 aliphatic rings. The highest BCUT2D eigenvalue weighted by molar-refractivity contribution is 5.92. The van der Waals surface area contributed by atoms with Gasteiger partial charge in [0, 0.05) is 51.2 Å². The smallest absolute Gasteiger partial charge is 0.225 e. The predicted octanol–water partition coefficient (Wildman–Crippen LogP) is 3.21. The number of nitrogens with two attached hydrogens (primary N) is 1. The number of fused-ring (bicyclic) bond motifs is 3. The van der Waals surface area contributed by atoms with Gasteiger partial charge in [0.2, 0.25) is 11.8 Å². The Hall–Kier alpha value is -4.69. The molecule has 5 aromatic rings. The van der Waals surface area contributed by atoms with Gasteiger partial charge in [-0.3, -0.25) is 9.88 Å². The van der Waals surface area contributed by atoms with Crippen molar-refractivity contribution >= 4 is 28.3 Å². The lowest BCUT2D eigenvalue weighted by atomic mass is 10.2. The molecule has 0 spiro atoms. The SMILES string of the molecule is CCCOc1ccc(N2CCN(CCn3c(C#N)cc4c3nc(N)n3nc(-c5ccccn5)nc43)CC2)cc1. The molecular formula is C28H30N10O. The maximum absolute atomic E-state index is 9.90. The minimum absolute atomic E-state index is 0.218. The van der Waals surface area contributed by atoms with Crippen LogP contribution in [0.25, 0.3) is 28.2 Å². The molecule has 198 valence electrons. The minimum Gasteiger partial charge on any atom is -0.494 e. The molecule has 4 aromatic heterocycles. The van der Waals surface area contributed by atoms with Crippen LogP contribution in [-0.4, -0.2) is 73.4 Å². The van der Waals surface area contributed by atoms with E-state index in [0.717, 1.165) is 56.9 Å². The standard InChI is InChI=1S/C28H30N10O/c1-2-17-39-22-8-6-20(7-9-22)36-14-11-35(12-15-36)13-16-37-21(19-29)18-23-26(37)33-28(30)38-27(23)32-25(34-38)24-5-3-4-10-31-24/h3-10,18H,2,11-17H2,1H3,(H2,30,33). The number of piperazine rings is 1. The highest BCUT2D eigenvalue weighted by atomic mass is 16.5. The first-order chi connectivity index (χ1) is 19.1. The van der Waals surface area contributed by atoms with Crippen LogP contribution in [-0.2, 0) is 6.54 Å². The number of nitriles is 1. The van der Waals surface area contributed by atoms with Crippen LogP contribution in [0.4, 0.5) is 11.6 Å². The second kappa shape index (κ2) is 10.6. The van der Waals surface area contributed by atoms with Crippen LogP contribution in [0.1, 0.15) is 19.0 Å². The van der Waals surface area contributed by atoms with Gasteiger partial charge in [0.05, 0.1) is 12.0 Å². The third-order valence-electron chi connectivity index (χ3n) is 7.05. The summed E-state index contributed by atoms with van der Waals surface area (Å²) in [7, 11) is 0. The Bertz CT molecular complexity index is 1630. The van der Waals surface area contributed by atoms with Gasteiger partial charge in [-0.25, -0.2) is 4.98 Å². The number of nitrogen functional groups attached to an aromatic ring is 1. The second-order valence-electron chi connectivity index (χ2n) is 9.56. The van der Waals surface area contributed by atoms with Crippen molar-refractivity contribution < 1.29 is 4.74 Å². The zero-order chi connectivity index (χ0) is 26.8. The molecule has 1 fully saturated rings. The molecule has 1 aromatic carbocycles. The highest BCUT2D eigenvalue weighted by Gasteiger charge is 2.21. The molecular weight excluding hydrogens is 492 g/mol. The summed E-state index contributed by atoms with van der Waals surface area (Å²) in [6.07, 6.45) is 2.70. The fourth-order valence-corrected chi connectivity index (χ4v) is 4.99. The van der Waals surface area contributed by atoms with Gasteiger partial charge < -0.3 is 19.9 Å². The molecule has 0 aliphatic carbocycles. The fourth-order valence-electron chi connectivity index (χ4n) is 4.99. The summed E-state index contributed by atoms with van der Waals surface area (Å²) in [6.45, 7) is 8.02. The molecule has 0 unspecified atom stereocenters. The predicted molar refractivity (Wildman–Crippen MR) is 150 cm³/mol. The Labute approximate surface area is 226 Å². The van der Waals surface area contributed by atoms with E-state index in [4.69, 9.17) is 15.5 Å². The van der Waals surface area contributed by atoms with E-state index >= 15 is 0 Å². The van der Waals surface area contributed by atoms with Crippen molar-refractivity contribution in [1.82, 2.24) is 34.0 Å². The van der Waals surface area contributed by atoms with Crippen LogP contribution in [0.15, 0.2) is 54.7 Å². The van der Waals surface area contributed by atoms with Crippen LogP contribution in [0.2, 0.25) is 0 Å². The molecule has 39 heavy (non-hydrogen) atoms. The number of hydrogen-bond donors (Lipinski definition) is 1. The van der Waals surface area contributed by atoms with Gasteiger partial charge >= 0.3 is 0 Å². The van der Waals surface area contributed by atoms with E-state index in [1.165, 1.54) is 10.2 Å². The Morgan fingerprint density at radius 1 is 1.00 bits per heavy atom. The normalized spacial score (nSPS) is 14.2. The molecule has 0 bridgehead atoms. The molecule has 1 aliphatic heterocycles. The van der Waals surface area contributed by atoms with Crippen LogP contribution >= 0.6 is 0 Å². The van der Waals surface area contributed by atoms with Gasteiger partial charge in [-0.05, 0) is 48.9 Å². The quantitative estimate of drug-likeness (QED) is 0.327. The number of hydrogen-bond acceptors (Lipinski definition) is 9. The van der Waals surface area contributed by atoms with Crippen molar-refractivity contribution in [3.05, 3.63) is 60.4 Å². The average molecular weight is 523 g/mol. The number of ether oxygens (including phenoxy) is 1. The fraction of sp³-hybridized carbons (Fsp3) is 0.321. The lowest BCUT2D eigenvalue weighted by Crippen LogP contribution is -2.47. The lowest BCUT2D eigenvalue weighted by molar-refractivity contribution is 0.249. The minimum atomic E-state index is 0.218. The molecule has 2 N–H and O–H groups in total. The van der Waals surface area contributed by atoms with Gasteiger partial charge in [0.15, 0.2) is 5.65 Å². The first-order valence-electron chi connectivity index (χ1n) is 13.2. The first-order valence-corrected chi connectivity index (χ1v) is 13.2. The zero-order valence-electron chi connectivity index (χ0n) is 21.9. The summed E-state index contributed by atoms with van der Waals surface area (Å²) in [4.78, 5) is 18.5. The van der Waals surface area contributed by atoms with Gasteiger partial charge in [-0.2, -0.15) is 14.8 Å². The van der Waals surface area contributed by atoms with E-state index in [9.17, 15) is 5.26 Å². The number of rotatable bonds is 8. The van der Waals surface area contributed by atoms with Crippen LogP contribution in [0, 0.1) is 11.3 Å². The Kier molecular flexibility index (Phi) is 6.69. The highest BCUT2D eigenvalue weighted by Crippen LogP contribution is 2.26. The lowest BCUT2D eigenvalue weighted by Gasteiger charge is -2.36. The van der Waals surface area contributed by atoms with Crippen molar-refractivity contribution in [3.8, 4) is 23.3 Å². The number of nitrogens with zero attached hydrogens (tertiary/aromatic N) is 9. The summed E-state index contributed by atoms with van der Waals surface area (Å²) in [5.41, 5.74) is 9.87. The van der Waals surface area contributed by atoms with Crippen molar-refractivity contribution in [2.75, 3.05) is 50.0 Å². The molecule has 11 nitrogen and oxygen atoms in total. The molecule has 0 saturated carbocycles. The number of pyridine rings is 1. The van der Waals surface area contributed by atoms with E-state index in [1.807, 2.05) is 41.0 Å². The molecule has 5 heterocycles. The largest absolute Gasteiger partial charge is 0.494 e. The molecule has 1 saturated heterocycles. The Morgan fingerprint density at radius 3 is 2.54 bits per heavy atom. The maximum Gasteiger partial charge on any atom is 0.225 e. The van der Waals surface area contributed by atoms with Crippen molar-refractivity contribution in [2.45, 2.75) is 19.9 Å². The van der Waals surface area contributed by atoms with Gasteiger partial charge in [-0.15, -0.1) is 5.10 Å². The van der Waals surface area contributed by atoms with Crippen molar-refractivity contribution in [2.24, 2.45) is 0 Å². The van der Waals surface area contributed by atoms with Gasteiger partial charge in [0.1, 0.15) is 28.9 Å². The van der Waals surface area contributed by atoms with E-state index in [0.29, 0.717) is 35.1 Å². The Morgan fingerprint density at radius 2 is 1.82 bits per heavy atom. The first kappa shape index (κ1) is 24.6. The molecule has 11 heteroatoms. The van der Waals surface area contributed by atoms with Crippen molar-refractivity contribution in [3.63, 3.8) is 0 Å². The maximum atomic E-state index is 9.90. The molecule has 0 amide bonds. The number of anilines is 2. The summed E-state index contributed by atoms with van der Waals surface area (Å²) >= 11 is 0. The molecule has 0 radical (unpaired) electrons. The van der Waals surface area contributed by atoms with Gasteiger partial charge in [-0.1, -0.05) is 13.0 Å². The van der Waals surface area contributed by atoms with E-state index in [-0.39, 0.29) is 5.95 Å². The topological polar surface area (TPSA) is 126 Å². The van der Waals surface area contributed by atoms with E-state index in [1.54, 1.807) is 6.20 Å². The summed E-state index contributed by atoms with van der Waals surface area (Å²) in [5, 5.41) is 15.1. The number of benzene rings is 1. The van der Waals surface area contributed by atoms with Gasteiger partial charge in [0.25, 0.3) is 0 Å². The second-order valence-corrected chi connectivity index (χ2v) is 9.56. The van der Waals surface area contributed by atoms with Crippen LogP contribution in [0.3, 0.4) is 0 Å². The third-order valence-corrected chi connectivity index (χ3v) is 7.05. The van der Waals surface area contributed by atoms with Crippen molar-refractivity contribution in [1.29, 1.82) is 5.26 Å². The third kappa shape index (κ3) is 4.82. The van der Waals surface area contributed by atoms with Crippen LogP contribution < -0.4 is 15.4 Å². The summed E-state index contributed by atoms with van der Waals surface area (Å²) in [5.74, 6) is 1.59. The monoisotopic (exact) mass is 522 g/mol. The average Bonchev–Trinajstić information content (AvgIpc) is 3.58. The summed E-state index contributed by atoms with van der Waals surface area (Å²) < 4.78 is 9.15. The summed E-state index contributed by atoms with van der Waals surface area (Å²) in [6, 6.07) is 18.1. The van der Waals surface area contributed by atoms with Crippen LogP contribution in [0.5, 0.6) is 5.75 Å². The molecule has 6 rings (SSSR count). The molecule has 0 atom stereocenters. The van der Waals surface area contributed by atoms with E-state index < -0.39 is 0 Å². The number of aromatic nitrogens is 6. The zero-order valence-corrected chi connectivity index (χ0v) is 21.9. The van der Waals surface area contributed by atoms with E-state index in [2.05, 4.69) is 50.0 Å². The Balaban J connectivity index is 1.17.